The van der Waals surface area contributed by atoms with Crippen molar-refractivity contribution in [1.29, 1.82) is 0 Å². The Hall–Kier alpha value is -1.00. The molecule has 0 atom stereocenters. The Balaban J connectivity index is 2.15. The van der Waals surface area contributed by atoms with Crippen LogP contribution in [0.5, 0.6) is 0 Å². The predicted octanol–water partition coefficient (Wildman–Crippen LogP) is 0.826. The van der Waals surface area contributed by atoms with Crippen molar-refractivity contribution in [1.82, 2.24) is 20.2 Å². The van der Waals surface area contributed by atoms with Crippen molar-refractivity contribution >= 4 is 0 Å². The molecule has 1 rings (SSSR count). The molecular weight excluding hydrogens is 188 g/mol. The minimum atomic E-state index is 0.759. The maximum Gasteiger partial charge on any atom is 0.142 e. The molecule has 4 heteroatoms. The minimum Gasteiger partial charge on any atom is -0.310 e. The molecule has 0 radical (unpaired) electrons. The molecule has 0 unspecified atom stereocenters. The third-order valence-corrected chi connectivity index (χ3v) is 2.09. The van der Waals surface area contributed by atoms with E-state index in [0.29, 0.717) is 0 Å². The van der Waals surface area contributed by atoms with Crippen LogP contribution < -0.4 is 5.32 Å². The number of aryl methyl sites for hydroxylation is 1. The average molecular weight is 208 g/mol. The van der Waals surface area contributed by atoms with Crippen LogP contribution in [0.1, 0.15) is 17.9 Å². The molecule has 4 nitrogen and oxygen atoms in total. The summed E-state index contributed by atoms with van der Waals surface area (Å²) in [5.74, 6) is 0.875. The fourth-order valence-electron chi connectivity index (χ4n) is 1.31. The second-order valence-corrected chi connectivity index (χ2v) is 3.95. The van der Waals surface area contributed by atoms with E-state index in [2.05, 4.69) is 34.3 Å². The Morgan fingerprint density at radius 3 is 2.87 bits per heavy atom. The molecule has 1 heterocycles. The number of aromatic nitrogens is 2. The second kappa shape index (κ2) is 6.48. The highest BCUT2D eigenvalue weighted by Crippen LogP contribution is 1.92. The molecular formula is C11H20N4. The quantitative estimate of drug-likeness (QED) is 0.703. The van der Waals surface area contributed by atoms with Gasteiger partial charge in [-0.05, 0) is 46.6 Å². The van der Waals surface area contributed by atoms with E-state index in [1.165, 1.54) is 0 Å². The van der Waals surface area contributed by atoms with E-state index in [-0.39, 0.29) is 0 Å². The topological polar surface area (TPSA) is 41.1 Å². The van der Waals surface area contributed by atoms with Gasteiger partial charge in [-0.2, -0.15) is 0 Å². The van der Waals surface area contributed by atoms with Gasteiger partial charge in [0, 0.05) is 11.9 Å². The first-order chi connectivity index (χ1) is 7.18. The Labute approximate surface area is 91.7 Å². The van der Waals surface area contributed by atoms with Crippen LogP contribution in [0.15, 0.2) is 12.3 Å². The van der Waals surface area contributed by atoms with E-state index in [1.807, 2.05) is 13.0 Å². The summed E-state index contributed by atoms with van der Waals surface area (Å²) >= 11 is 0. The third-order valence-electron chi connectivity index (χ3n) is 2.09. The van der Waals surface area contributed by atoms with E-state index in [4.69, 9.17) is 0 Å². The molecule has 1 aromatic rings. The molecule has 0 fully saturated rings. The zero-order valence-corrected chi connectivity index (χ0v) is 9.82. The molecule has 0 spiro atoms. The lowest BCUT2D eigenvalue weighted by Crippen LogP contribution is -2.21. The van der Waals surface area contributed by atoms with Crippen molar-refractivity contribution in [2.75, 3.05) is 27.2 Å². The standard InChI is InChI=1S/C11H20N4/c1-10-5-7-13-11(14-10)9-12-6-4-8-15(2)3/h5,7,12H,4,6,8-9H2,1-3H3. The molecule has 0 saturated carbocycles. The smallest absolute Gasteiger partial charge is 0.142 e. The Bertz CT molecular complexity index is 286. The summed E-state index contributed by atoms with van der Waals surface area (Å²) in [5, 5.41) is 3.33. The van der Waals surface area contributed by atoms with Crippen molar-refractivity contribution in [2.24, 2.45) is 0 Å². The summed E-state index contributed by atoms with van der Waals surface area (Å²) in [5.41, 5.74) is 1.02. The van der Waals surface area contributed by atoms with Crippen molar-refractivity contribution in [3.8, 4) is 0 Å². The third kappa shape index (κ3) is 5.44. The van der Waals surface area contributed by atoms with Crippen LogP contribution in [0.25, 0.3) is 0 Å². The SMILES string of the molecule is Cc1ccnc(CNCCCN(C)C)n1. The van der Waals surface area contributed by atoms with Crippen molar-refractivity contribution in [2.45, 2.75) is 19.9 Å². The lowest BCUT2D eigenvalue weighted by atomic mass is 10.4. The summed E-state index contributed by atoms with van der Waals surface area (Å²) < 4.78 is 0. The van der Waals surface area contributed by atoms with Gasteiger partial charge in [0.1, 0.15) is 5.82 Å². The Kier molecular flexibility index (Phi) is 5.21. The Morgan fingerprint density at radius 1 is 1.40 bits per heavy atom. The van der Waals surface area contributed by atoms with Crippen molar-refractivity contribution in [3.63, 3.8) is 0 Å². The van der Waals surface area contributed by atoms with Crippen LogP contribution in [0.2, 0.25) is 0 Å². The maximum atomic E-state index is 4.32. The number of hydrogen-bond acceptors (Lipinski definition) is 4. The van der Waals surface area contributed by atoms with Gasteiger partial charge in [-0.3, -0.25) is 0 Å². The van der Waals surface area contributed by atoms with Crippen molar-refractivity contribution < 1.29 is 0 Å². The van der Waals surface area contributed by atoms with Crippen LogP contribution in [0.4, 0.5) is 0 Å². The molecule has 84 valence electrons. The highest BCUT2D eigenvalue weighted by Gasteiger charge is 1.96. The van der Waals surface area contributed by atoms with Crippen LogP contribution in [0, 0.1) is 6.92 Å². The van der Waals surface area contributed by atoms with Gasteiger partial charge in [0.05, 0.1) is 6.54 Å². The first-order valence-electron chi connectivity index (χ1n) is 5.32. The van der Waals surface area contributed by atoms with Crippen LogP contribution in [0.3, 0.4) is 0 Å². The highest BCUT2D eigenvalue weighted by atomic mass is 15.1. The molecule has 1 aromatic heterocycles. The predicted molar refractivity (Wildman–Crippen MR) is 61.6 cm³/mol. The summed E-state index contributed by atoms with van der Waals surface area (Å²) in [6.45, 7) is 4.86. The van der Waals surface area contributed by atoms with Gasteiger partial charge in [-0.15, -0.1) is 0 Å². The molecule has 0 saturated heterocycles. The molecule has 1 N–H and O–H groups in total. The van der Waals surface area contributed by atoms with Gasteiger partial charge in [0.25, 0.3) is 0 Å². The lowest BCUT2D eigenvalue weighted by molar-refractivity contribution is 0.394. The molecule has 0 amide bonds. The maximum absolute atomic E-state index is 4.32. The second-order valence-electron chi connectivity index (χ2n) is 3.95. The van der Waals surface area contributed by atoms with E-state index < -0.39 is 0 Å². The van der Waals surface area contributed by atoms with Crippen LogP contribution in [-0.4, -0.2) is 42.1 Å². The number of rotatable bonds is 6. The minimum absolute atomic E-state index is 0.759. The highest BCUT2D eigenvalue weighted by molar-refractivity contribution is 4.99. The van der Waals surface area contributed by atoms with Gasteiger partial charge in [0.15, 0.2) is 0 Å². The van der Waals surface area contributed by atoms with E-state index >= 15 is 0 Å². The van der Waals surface area contributed by atoms with Crippen molar-refractivity contribution in [3.05, 3.63) is 23.8 Å². The van der Waals surface area contributed by atoms with Gasteiger partial charge in [-0.25, -0.2) is 9.97 Å². The van der Waals surface area contributed by atoms with Gasteiger partial charge >= 0.3 is 0 Å². The summed E-state index contributed by atoms with van der Waals surface area (Å²) in [4.78, 5) is 10.7. The fourth-order valence-corrected chi connectivity index (χ4v) is 1.31. The summed E-state index contributed by atoms with van der Waals surface area (Å²) in [6.07, 6.45) is 2.96. The normalized spacial score (nSPS) is 10.9. The Morgan fingerprint density at radius 2 is 2.20 bits per heavy atom. The van der Waals surface area contributed by atoms with E-state index in [0.717, 1.165) is 37.6 Å². The van der Waals surface area contributed by atoms with E-state index in [9.17, 15) is 0 Å². The number of hydrogen-bond donors (Lipinski definition) is 1. The zero-order chi connectivity index (χ0) is 11.1. The monoisotopic (exact) mass is 208 g/mol. The lowest BCUT2D eigenvalue weighted by Gasteiger charge is -2.09. The summed E-state index contributed by atoms with van der Waals surface area (Å²) in [6, 6.07) is 1.91. The molecule has 0 aliphatic heterocycles. The number of nitrogens with zero attached hydrogens (tertiary/aromatic N) is 3. The number of nitrogens with one attached hydrogen (secondary N) is 1. The zero-order valence-electron chi connectivity index (χ0n) is 9.82. The largest absolute Gasteiger partial charge is 0.310 e. The van der Waals surface area contributed by atoms with Crippen LogP contribution >= 0.6 is 0 Å². The first-order valence-corrected chi connectivity index (χ1v) is 5.32. The summed E-state index contributed by atoms with van der Waals surface area (Å²) in [7, 11) is 4.17. The molecule has 15 heavy (non-hydrogen) atoms. The van der Waals surface area contributed by atoms with Gasteiger partial charge < -0.3 is 10.2 Å². The van der Waals surface area contributed by atoms with Crippen LogP contribution in [-0.2, 0) is 6.54 Å². The first kappa shape index (κ1) is 12.1. The fraction of sp³-hybridized carbons (Fsp3) is 0.636. The average Bonchev–Trinajstić information content (AvgIpc) is 2.17. The molecule has 0 aromatic carbocycles. The molecule has 0 aliphatic rings. The van der Waals surface area contributed by atoms with Gasteiger partial charge in [-0.1, -0.05) is 0 Å². The van der Waals surface area contributed by atoms with Gasteiger partial charge in [0.2, 0.25) is 0 Å². The van der Waals surface area contributed by atoms with E-state index in [1.54, 1.807) is 6.20 Å². The molecule has 0 bridgehead atoms. The molecule has 0 aliphatic carbocycles.